The fourth-order valence-electron chi connectivity index (χ4n) is 3.09. The van der Waals surface area contributed by atoms with Crippen LogP contribution in [0.1, 0.15) is 20.9 Å². The van der Waals surface area contributed by atoms with E-state index in [1.54, 1.807) is 12.1 Å². The quantitative estimate of drug-likeness (QED) is 0.526. The summed E-state index contributed by atoms with van der Waals surface area (Å²) in [6.07, 6.45) is 1.90. The Bertz CT molecular complexity index is 1200. The van der Waals surface area contributed by atoms with Gasteiger partial charge < -0.3 is 14.8 Å². The minimum Gasteiger partial charge on any atom is -0.454 e. The van der Waals surface area contributed by atoms with Crippen LogP contribution in [0.5, 0.6) is 11.5 Å². The number of amides is 1. The number of rotatable bonds is 4. The van der Waals surface area contributed by atoms with E-state index >= 15 is 0 Å². The number of benzene rings is 3. The Labute approximate surface area is 171 Å². The molecule has 1 amide bonds. The number of aromatic nitrogens is 1. The number of hydrogen-bond donors (Lipinski definition) is 1. The smallest absolute Gasteiger partial charge is 0.255 e. The molecule has 4 aromatic rings. The van der Waals surface area contributed by atoms with Crippen molar-refractivity contribution in [1.82, 2.24) is 10.3 Å². The highest BCUT2D eigenvalue weighted by Gasteiger charge is 2.16. The van der Waals surface area contributed by atoms with Gasteiger partial charge in [-0.3, -0.25) is 4.79 Å². The second-order valence-corrected chi connectivity index (χ2v) is 7.51. The van der Waals surface area contributed by atoms with Crippen LogP contribution in [0.2, 0.25) is 0 Å². The molecule has 0 bridgehead atoms. The van der Waals surface area contributed by atoms with Gasteiger partial charge in [-0.05, 0) is 48.0 Å². The lowest BCUT2D eigenvalue weighted by atomic mass is 10.1. The molecule has 1 aromatic heterocycles. The zero-order valence-electron chi connectivity index (χ0n) is 15.3. The molecule has 29 heavy (non-hydrogen) atoms. The molecule has 2 heterocycles. The first-order valence-corrected chi connectivity index (χ1v) is 9.92. The summed E-state index contributed by atoms with van der Waals surface area (Å²) >= 11 is 1.54. The Kier molecular flexibility index (Phi) is 4.46. The van der Waals surface area contributed by atoms with Crippen molar-refractivity contribution in [3.8, 4) is 11.5 Å². The van der Waals surface area contributed by atoms with Crippen LogP contribution in [-0.2, 0) is 0 Å². The maximum atomic E-state index is 12.8. The molecular weight excluding hydrogens is 384 g/mol. The number of carbonyl (C=O) groups excluding carboxylic acids is 1. The van der Waals surface area contributed by atoms with Crippen molar-refractivity contribution in [2.75, 3.05) is 6.79 Å². The van der Waals surface area contributed by atoms with Crippen LogP contribution in [0.15, 0.2) is 72.8 Å². The third-order valence-corrected chi connectivity index (χ3v) is 5.59. The number of nitrogens with zero attached hydrogens (tertiary/aromatic N) is 1. The van der Waals surface area contributed by atoms with Crippen molar-refractivity contribution in [3.63, 3.8) is 0 Å². The van der Waals surface area contributed by atoms with Crippen molar-refractivity contribution < 1.29 is 14.3 Å². The first-order valence-electron chi connectivity index (χ1n) is 9.10. The molecule has 3 aromatic carbocycles. The number of ether oxygens (including phenoxy) is 2. The van der Waals surface area contributed by atoms with E-state index in [9.17, 15) is 4.79 Å². The van der Waals surface area contributed by atoms with Gasteiger partial charge in [-0.25, -0.2) is 4.98 Å². The van der Waals surface area contributed by atoms with Crippen LogP contribution in [0.25, 0.3) is 22.0 Å². The zero-order chi connectivity index (χ0) is 19.6. The molecule has 1 aliphatic rings. The molecule has 5 nitrogen and oxygen atoms in total. The van der Waals surface area contributed by atoms with Crippen LogP contribution in [-0.4, -0.2) is 17.7 Å². The average Bonchev–Trinajstić information content (AvgIpc) is 3.40. The summed E-state index contributed by atoms with van der Waals surface area (Å²) in [7, 11) is 0. The summed E-state index contributed by atoms with van der Waals surface area (Å²) in [6, 6.07) is 22.7. The minimum atomic E-state index is -0.183. The number of nitrogens with one attached hydrogen (secondary N) is 1. The van der Waals surface area contributed by atoms with Gasteiger partial charge in [0.15, 0.2) is 11.5 Å². The van der Waals surface area contributed by atoms with E-state index in [2.05, 4.69) is 5.32 Å². The molecule has 1 N–H and O–H groups in total. The summed E-state index contributed by atoms with van der Waals surface area (Å²) in [4.78, 5) is 17.5. The molecule has 0 spiro atoms. The monoisotopic (exact) mass is 400 g/mol. The number of thiazole rings is 1. The highest BCUT2D eigenvalue weighted by atomic mass is 32.1. The molecule has 0 atom stereocenters. The largest absolute Gasteiger partial charge is 0.454 e. The fraction of sp³-hybridized carbons (Fsp3) is 0.0435. The Morgan fingerprint density at radius 1 is 0.966 bits per heavy atom. The molecule has 0 saturated heterocycles. The lowest BCUT2D eigenvalue weighted by Crippen LogP contribution is -2.21. The summed E-state index contributed by atoms with van der Waals surface area (Å²) in [5, 5.41) is 3.77. The molecule has 0 aliphatic carbocycles. The van der Waals surface area contributed by atoms with E-state index < -0.39 is 0 Å². The molecular formula is C23H16N2O3S. The minimum absolute atomic E-state index is 0.183. The van der Waals surface area contributed by atoms with Gasteiger partial charge in [0.1, 0.15) is 5.01 Å². The third-order valence-electron chi connectivity index (χ3n) is 4.52. The van der Waals surface area contributed by atoms with Gasteiger partial charge in [0.2, 0.25) is 6.79 Å². The molecule has 0 radical (unpaired) electrons. The van der Waals surface area contributed by atoms with E-state index in [0.29, 0.717) is 17.0 Å². The topological polar surface area (TPSA) is 60.5 Å². The van der Waals surface area contributed by atoms with Crippen molar-refractivity contribution >= 4 is 39.2 Å². The van der Waals surface area contributed by atoms with Gasteiger partial charge in [-0.1, -0.05) is 36.4 Å². The second kappa shape index (κ2) is 7.41. The molecule has 0 fully saturated rings. The average molecular weight is 400 g/mol. The normalized spacial score (nSPS) is 12.9. The van der Waals surface area contributed by atoms with Gasteiger partial charge in [-0.2, -0.15) is 0 Å². The maximum Gasteiger partial charge on any atom is 0.255 e. The lowest BCUT2D eigenvalue weighted by Gasteiger charge is -2.08. The van der Waals surface area contributed by atoms with Crippen LogP contribution < -0.4 is 14.8 Å². The van der Waals surface area contributed by atoms with Crippen molar-refractivity contribution in [2.24, 2.45) is 0 Å². The van der Waals surface area contributed by atoms with Crippen LogP contribution >= 0.6 is 11.3 Å². The van der Waals surface area contributed by atoms with Crippen molar-refractivity contribution in [2.45, 2.75) is 0 Å². The van der Waals surface area contributed by atoms with E-state index in [1.807, 2.05) is 66.7 Å². The number of fused-ring (bicyclic) bond motifs is 2. The summed E-state index contributed by atoms with van der Waals surface area (Å²) in [5.41, 5.74) is 3.01. The van der Waals surface area contributed by atoms with Gasteiger partial charge in [-0.15, -0.1) is 11.3 Å². The van der Waals surface area contributed by atoms with Gasteiger partial charge >= 0.3 is 0 Å². The Morgan fingerprint density at radius 3 is 2.62 bits per heavy atom. The third kappa shape index (κ3) is 3.58. The standard InChI is InChI=1S/C23H16N2O3S/c26-22(16-6-2-1-3-7-16)24-18(23-25-17-8-4-5-9-21(17)29-23)12-15-10-11-19-20(13-15)28-14-27-19/h1-13H,14H2,(H,24,26). The van der Waals surface area contributed by atoms with Crippen LogP contribution in [0, 0.1) is 0 Å². The Hall–Kier alpha value is -3.64. The molecule has 6 heteroatoms. The Balaban J connectivity index is 1.55. The van der Waals surface area contributed by atoms with Gasteiger partial charge in [0, 0.05) is 5.56 Å². The predicted octanol–water partition coefficient (Wildman–Crippen LogP) is 4.95. The second-order valence-electron chi connectivity index (χ2n) is 6.48. The number of hydrogen-bond acceptors (Lipinski definition) is 5. The molecule has 0 unspecified atom stereocenters. The van der Waals surface area contributed by atoms with Crippen LogP contribution in [0.4, 0.5) is 0 Å². The zero-order valence-corrected chi connectivity index (χ0v) is 16.1. The van der Waals surface area contributed by atoms with E-state index in [1.165, 1.54) is 11.3 Å². The van der Waals surface area contributed by atoms with E-state index in [-0.39, 0.29) is 12.7 Å². The van der Waals surface area contributed by atoms with E-state index in [0.717, 1.165) is 26.5 Å². The van der Waals surface area contributed by atoms with Gasteiger partial charge in [0.25, 0.3) is 5.91 Å². The first kappa shape index (κ1) is 17.5. The van der Waals surface area contributed by atoms with Crippen molar-refractivity contribution in [3.05, 3.63) is 88.9 Å². The highest BCUT2D eigenvalue weighted by molar-refractivity contribution is 7.19. The molecule has 1 aliphatic heterocycles. The fourth-order valence-corrected chi connectivity index (χ4v) is 4.03. The summed E-state index contributed by atoms with van der Waals surface area (Å²) < 4.78 is 11.9. The number of para-hydroxylation sites is 1. The summed E-state index contributed by atoms with van der Waals surface area (Å²) in [6.45, 7) is 0.220. The first-order chi connectivity index (χ1) is 14.3. The Morgan fingerprint density at radius 2 is 1.76 bits per heavy atom. The highest BCUT2D eigenvalue weighted by Crippen LogP contribution is 2.34. The van der Waals surface area contributed by atoms with E-state index in [4.69, 9.17) is 14.5 Å². The number of carbonyl (C=O) groups is 1. The van der Waals surface area contributed by atoms with Gasteiger partial charge in [0.05, 0.1) is 15.9 Å². The SMILES string of the molecule is O=C(NC(=Cc1ccc2c(c1)OCO2)c1nc2ccccc2s1)c1ccccc1. The van der Waals surface area contributed by atoms with Crippen molar-refractivity contribution in [1.29, 1.82) is 0 Å². The maximum absolute atomic E-state index is 12.8. The summed E-state index contributed by atoms with van der Waals surface area (Å²) in [5.74, 6) is 1.23. The molecule has 0 saturated carbocycles. The molecule has 142 valence electrons. The lowest BCUT2D eigenvalue weighted by molar-refractivity contribution is 0.0974. The van der Waals surface area contributed by atoms with Crippen LogP contribution in [0.3, 0.4) is 0 Å². The molecule has 5 rings (SSSR count). The predicted molar refractivity (Wildman–Crippen MR) is 114 cm³/mol.